The van der Waals surface area contributed by atoms with Crippen molar-refractivity contribution in [1.82, 2.24) is 14.7 Å². The number of likely N-dealkylation sites (tertiary alicyclic amines) is 1. The van der Waals surface area contributed by atoms with Crippen molar-refractivity contribution in [2.75, 3.05) is 13.1 Å². The molecule has 1 aromatic carbocycles. The number of ketones is 1. The van der Waals surface area contributed by atoms with Crippen LogP contribution in [0.5, 0.6) is 5.75 Å². The molecule has 2 aromatic rings. The van der Waals surface area contributed by atoms with Gasteiger partial charge in [0.2, 0.25) is 0 Å². The van der Waals surface area contributed by atoms with Gasteiger partial charge >= 0.3 is 6.03 Å². The van der Waals surface area contributed by atoms with E-state index in [1.165, 1.54) is 17.2 Å². The van der Waals surface area contributed by atoms with Crippen molar-refractivity contribution in [1.29, 1.82) is 0 Å². The molecule has 6 heteroatoms. The van der Waals surface area contributed by atoms with Crippen molar-refractivity contribution in [3.05, 3.63) is 47.8 Å². The number of hydrogen-bond acceptors (Lipinski definition) is 4. The molecule has 4 rings (SSSR count). The molecule has 2 fully saturated rings. The fourth-order valence-electron chi connectivity index (χ4n) is 4.40. The molecule has 1 aliphatic carbocycles. The van der Waals surface area contributed by atoms with Gasteiger partial charge in [0, 0.05) is 26.2 Å². The zero-order valence-corrected chi connectivity index (χ0v) is 16.7. The Balaban J connectivity index is 1.35. The summed E-state index contributed by atoms with van der Waals surface area (Å²) in [7, 11) is 0. The predicted molar refractivity (Wildman–Crippen MR) is 106 cm³/mol. The van der Waals surface area contributed by atoms with Gasteiger partial charge in [-0.1, -0.05) is 26.0 Å². The van der Waals surface area contributed by atoms with Crippen LogP contribution in [0.3, 0.4) is 0 Å². The highest BCUT2D eigenvalue weighted by Crippen LogP contribution is 2.40. The first-order valence-corrected chi connectivity index (χ1v) is 10.0. The van der Waals surface area contributed by atoms with Crippen LogP contribution >= 0.6 is 0 Å². The third-order valence-corrected chi connectivity index (χ3v) is 5.95. The fraction of sp³-hybridized carbons (Fsp3) is 0.500. The lowest BCUT2D eigenvalue weighted by Gasteiger charge is -2.20. The van der Waals surface area contributed by atoms with E-state index >= 15 is 0 Å². The molecular weight excluding hydrogens is 354 g/mol. The Hall–Kier alpha value is -2.63. The van der Waals surface area contributed by atoms with Crippen LogP contribution in [0.1, 0.15) is 55.6 Å². The zero-order valence-electron chi connectivity index (χ0n) is 16.7. The molecule has 2 aliphatic rings. The molecule has 1 saturated heterocycles. The van der Waals surface area contributed by atoms with E-state index in [2.05, 4.69) is 37.1 Å². The first kappa shape index (κ1) is 18.7. The molecule has 2 heterocycles. The maximum absolute atomic E-state index is 12.7. The van der Waals surface area contributed by atoms with Crippen LogP contribution in [0.15, 0.2) is 36.5 Å². The number of rotatable bonds is 4. The second kappa shape index (κ2) is 7.41. The standard InChI is InChI=1S/C22H27N3O3/c1-14(2)16-5-4-6-19(9-16)28-20-10-17-12-24(13-18(17)11-20)22(27)25-8-7-21(23-25)15(3)26/h4-9,14,17-18,20H,10-13H2,1-3H3/t17-,18+,20+. The van der Waals surface area contributed by atoms with Crippen molar-refractivity contribution in [3.63, 3.8) is 0 Å². The van der Waals surface area contributed by atoms with E-state index < -0.39 is 0 Å². The predicted octanol–water partition coefficient (Wildman–Crippen LogP) is 3.97. The number of nitrogens with zero attached hydrogens (tertiary/aromatic N) is 3. The molecule has 0 bridgehead atoms. The topological polar surface area (TPSA) is 64.4 Å². The van der Waals surface area contributed by atoms with Crippen LogP contribution in [0.2, 0.25) is 0 Å². The lowest BCUT2D eigenvalue weighted by atomic mass is 10.0. The van der Waals surface area contributed by atoms with Crippen molar-refractivity contribution in [2.24, 2.45) is 11.8 Å². The molecule has 1 aliphatic heterocycles. The Morgan fingerprint density at radius 3 is 2.46 bits per heavy atom. The van der Waals surface area contributed by atoms with Crippen molar-refractivity contribution >= 4 is 11.8 Å². The van der Waals surface area contributed by atoms with Crippen molar-refractivity contribution in [3.8, 4) is 5.75 Å². The smallest absolute Gasteiger partial charge is 0.344 e. The Labute approximate surface area is 165 Å². The van der Waals surface area contributed by atoms with Gasteiger partial charge in [0.15, 0.2) is 5.78 Å². The second-order valence-corrected chi connectivity index (χ2v) is 8.35. The van der Waals surface area contributed by atoms with Crippen LogP contribution in [-0.4, -0.2) is 45.7 Å². The molecule has 148 valence electrons. The highest BCUT2D eigenvalue weighted by atomic mass is 16.5. The van der Waals surface area contributed by atoms with E-state index in [0.29, 0.717) is 23.4 Å². The van der Waals surface area contributed by atoms with E-state index in [1.54, 1.807) is 12.3 Å². The maximum atomic E-state index is 12.7. The van der Waals surface area contributed by atoms with Gasteiger partial charge in [-0.15, -0.1) is 0 Å². The third-order valence-electron chi connectivity index (χ3n) is 5.95. The number of benzene rings is 1. The van der Waals surface area contributed by atoms with Crippen LogP contribution in [0.25, 0.3) is 0 Å². The summed E-state index contributed by atoms with van der Waals surface area (Å²) in [6.07, 6.45) is 3.72. The summed E-state index contributed by atoms with van der Waals surface area (Å²) in [6.45, 7) is 7.27. The van der Waals surface area contributed by atoms with Gasteiger partial charge < -0.3 is 9.64 Å². The summed E-state index contributed by atoms with van der Waals surface area (Å²) in [4.78, 5) is 25.9. The van der Waals surface area contributed by atoms with Crippen molar-refractivity contribution in [2.45, 2.75) is 45.6 Å². The summed E-state index contributed by atoms with van der Waals surface area (Å²) >= 11 is 0. The minimum absolute atomic E-state index is 0.133. The molecule has 1 saturated carbocycles. The average molecular weight is 381 g/mol. The Bertz CT molecular complexity index is 875. The molecule has 6 nitrogen and oxygen atoms in total. The normalized spacial score (nSPS) is 23.9. The monoisotopic (exact) mass is 381 g/mol. The number of ether oxygens (including phenoxy) is 1. The second-order valence-electron chi connectivity index (χ2n) is 8.35. The van der Waals surface area contributed by atoms with E-state index in [1.807, 2.05) is 11.0 Å². The van der Waals surface area contributed by atoms with Gasteiger partial charge in [0.25, 0.3) is 0 Å². The van der Waals surface area contributed by atoms with Crippen LogP contribution in [0, 0.1) is 11.8 Å². The van der Waals surface area contributed by atoms with Crippen LogP contribution < -0.4 is 4.74 Å². The number of amides is 1. The zero-order chi connectivity index (χ0) is 19.8. The first-order valence-electron chi connectivity index (χ1n) is 10.0. The molecule has 0 radical (unpaired) electrons. The van der Waals surface area contributed by atoms with Gasteiger partial charge in [-0.05, 0) is 54.4 Å². The Kier molecular flexibility index (Phi) is 4.96. The number of carbonyl (C=O) groups is 2. The van der Waals surface area contributed by atoms with E-state index in [4.69, 9.17) is 4.74 Å². The molecular formula is C22H27N3O3. The number of Topliss-reactive ketones (excluding diaryl/α,β-unsaturated/α-hetero) is 1. The average Bonchev–Trinajstić information content (AvgIpc) is 3.36. The van der Waals surface area contributed by atoms with Crippen molar-refractivity contribution < 1.29 is 14.3 Å². The van der Waals surface area contributed by atoms with E-state index in [0.717, 1.165) is 31.7 Å². The molecule has 0 unspecified atom stereocenters. The Morgan fingerprint density at radius 2 is 1.86 bits per heavy atom. The third kappa shape index (κ3) is 3.68. The molecule has 0 spiro atoms. The van der Waals surface area contributed by atoms with E-state index in [9.17, 15) is 9.59 Å². The maximum Gasteiger partial charge on any atom is 0.344 e. The van der Waals surface area contributed by atoms with Gasteiger partial charge in [0.1, 0.15) is 11.4 Å². The van der Waals surface area contributed by atoms with Crippen LogP contribution in [-0.2, 0) is 0 Å². The molecule has 1 amide bonds. The molecule has 1 aromatic heterocycles. The number of hydrogen-bond donors (Lipinski definition) is 0. The summed E-state index contributed by atoms with van der Waals surface area (Å²) < 4.78 is 7.53. The van der Waals surface area contributed by atoms with Crippen LogP contribution in [0.4, 0.5) is 4.79 Å². The number of carbonyl (C=O) groups excluding carboxylic acids is 2. The van der Waals surface area contributed by atoms with Gasteiger partial charge in [-0.2, -0.15) is 9.78 Å². The SMILES string of the molecule is CC(=O)c1ccn(C(=O)N2C[C@H]3C[C@H](Oc4cccc(C(C)C)c4)C[C@H]3C2)n1. The van der Waals surface area contributed by atoms with Gasteiger partial charge in [0.05, 0.1) is 6.10 Å². The molecule has 0 N–H and O–H groups in total. The lowest BCUT2D eigenvalue weighted by molar-refractivity contribution is 0.101. The lowest BCUT2D eigenvalue weighted by Crippen LogP contribution is -2.34. The fourth-order valence-corrected chi connectivity index (χ4v) is 4.40. The highest BCUT2D eigenvalue weighted by Gasteiger charge is 2.43. The Morgan fingerprint density at radius 1 is 1.14 bits per heavy atom. The molecule has 3 atom stereocenters. The minimum Gasteiger partial charge on any atom is -0.490 e. The minimum atomic E-state index is -0.149. The largest absolute Gasteiger partial charge is 0.490 e. The van der Waals surface area contributed by atoms with E-state index in [-0.39, 0.29) is 17.9 Å². The summed E-state index contributed by atoms with van der Waals surface area (Å²) in [5.41, 5.74) is 1.61. The highest BCUT2D eigenvalue weighted by molar-refractivity contribution is 5.92. The first-order chi connectivity index (χ1) is 13.4. The molecule has 28 heavy (non-hydrogen) atoms. The van der Waals surface area contributed by atoms with Gasteiger partial charge in [-0.25, -0.2) is 4.79 Å². The number of fused-ring (bicyclic) bond motifs is 1. The van der Waals surface area contributed by atoms with Gasteiger partial charge in [-0.3, -0.25) is 4.79 Å². The summed E-state index contributed by atoms with van der Waals surface area (Å²) in [5.74, 6) is 2.22. The summed E-state index contributed by atoms with van der Waals surface area (Å²) in [6, 6.07) is 9.80. The quantitative estimate of drug-likeness (QED) is 0.752. The summed E-state index contributed by atoms with van der Waals surface area (Å²) in [5, 5.41) is 4.09. The number of aromatic nitrogens is 2.